The lowest BCUT2D eigenvalue weighted by Gasteiger charge is -2.58. The van der Waals surface area contributed by atoms with Gasteiger partial charge in [0.15, 0.2) is 0 Å². The number of hydrogen-bond donors (Lipinski definition) is 0. The molecule has 2 aliphatic carbocycles. The molecule has 0 aromatic rings. The highest BCUT2D eigenvalue weighted by atomic mass is 16.1. The van der Waals surface area contributed by atoms with Crippen LogP contribution in [-0.2, 0) is 4.79 Å². The molecule has 2 rings (SSSR count). The summed E-state index contributed by atoms with van der Waals surface area (Å²) in [6.07, 6.45) is 8.23. The predicted octanol–water partition coefficient (Wildman–Crippen LogP) is 4.99. The second-order valence-electron chi connectivity index (χ2n) is 7.92. The van der Waals surface area contributed by atoms with Gasteiger partial charge >= 0.3 is 0 Å². The number of hydrogen-bond acceptors (Lipinski definition) is 1. The molecule has 1 nitrogen and oxygen atoms in total. The zero-order valence-corrected chi connectivity index (χ0v) is 12.9. The Morgan fingerprint density at radius 2 is 1.78 bits per heavy atom. The van der Waals surface area contributed by atoms with Gasteiger partial charge in [-0.2, -0.15) is 0 Å². The molecule has 0 amide bonds. The first-order valence-electron chi connectivity index (χ1n) is 7.81. The topological polar surface area (TPSA) is 17.1 Å². The van der Waals surface area contributed by atoms with Crippen molar-refractivity contribution in [3.63, 3.8) is 0 Å². The molecule has 0 saturated heterocycles. The van der Waals surface area contributed by atoms with E-state index in [2.05, 4.69) is 34.6 Å². The van der Waals surface area contributed by atoms with Gasteiger partial charge in [0.1, 0.15) is 5.78 Å². The van der Waals surface area contributed by atoms with Crippen LogP contribution in [0.25, 0.3) is 0 Å². The fraction of sp³-hybridized carbons (Fsp3) is 0.941. The number of carbonyl (C=O) groups is 1. The van der Waals surface area contributed by atoms with Crippen molar-refractivity contribution in [2.24, 2.45) is 22.2 Å². The maximum Gasteiger partial charge on any atom is 0.142 e. The van der Waals surface area contributed by atoms with Crippen molar-refractivity contribution in [3.8, 4) is 0 Å². The average Bonchev–Trinajstić information content (AvgIpc) is 2.28. The summed E-state index contributed by atoms with van der Waals surface area (Å²) in [5.41, 5.74) is 0.557. The van der Waals surface area contributed by atoms with Crippen molar-refractivity contribution in [1.82, 2.24) is 0 Å². The number of Topliss-reactive ketones (excluding diaryl/α,β-unsaturated/α-hetero) is 1. The Balaban J connectivity index is 2.31. The van der Waals surface area contributed by atoms with Crippen molar-refractivity contribution in [2.45, 2.75) is 79.6 Å². The van der Waals surface area contributed by atoms with E-state index in [0.717, 1.165) is 25.7 Å². The first kappa shape index (κ1) is 14.1. The van der Waals surface area contributed by atoms with E-state index in [1.165, 1.54) is 19.3 Å². The Morgan fingerprint density at radius 3 is 2.39 bits per heavy atom. The SMILES string of the molecule is CCC[C@]1(C)CC[C@@]2(C)[C@H](CCCC2(C)C)C1=O. The Bertz CT molecular complexity index is 344. The molecule has 0 aromatic carbocycles. The number of fused-ring (bicyclic) bond motifs is 1. The average molecular weight is 250 g/mol. The van der Waals surface area contributed by atoms with E-state index in [1.807, 2.05) is 0 Å². The first-order valence-corrected chi connectivity index (χ1v) is 7.81. The van der Waals surface area contributed by atoms with E-state index in [4.69, 9.17) is 0 Å². The molecule has 0 spiro atoms. The highest BCUT2D eigenvalue weighted by Crippen LogP contribution is 2.61. The van der Waals surface area contributed by atoms with Crippen molar-refractivity contribution < 1.29 is 4.79 Å². The fourth-order valence-electron chi connectivity index (χ4n) is 4.64. The van der Waals surface area contributed by atoms with Gasteiger partial charge in [0.25, 0.3) is 0 Å². The van der Waals surface area contributed by atoms with Gasteiger partial charge in [0, 0.05) is 11.3 Å². The molecule has 0 heterocycles. The van der Waals surface area contributed by atoms with Crippen LogP contribution in [0, 0.1) is 22.2 Å². The lowest BCUT2D eigenvalue weighted by Crippen LogP contribution is -2.55. The van der Waals surface area contributed by atoms with Gasteiger partial charge in [-0.05, 0) is 42.9 Å². The molecular weight excluding hydrogens is 220 g/mol. The minimum Gasteiger partial charge on any atom is -0.299 e. The number of rotatable bonds is 2. The summed E-state index contributed by atoms with van der Waals surface area (Å²) in [6, 6.07) is 0. The summed E-state index contributed by atoms with van der Waals surface area (Å²) in [7, 11) is 0. The van der Waals surface area contributed by atoms with E-state index >= 15 is 0 Å². The minimum absolute atomic E-state index is 0.0215. The van der Waals surface area contributed by atoms with Crippen LogP contribution in [0.3, 0.4) is 0 Å². The van der Waals surface area contributed by atoms with Gasteiger partial charge in [-0.1, -0.05) is 47.5 Å². The molecule has 0 bridgehead atoms. The fourth-order valence-corrected chi connectivity index (χ4v) is 4.64. The summed E-state index contributed by atoms with van der Waals surface area (Å²) >= 11 is 0. The maximum atomic E-state index is 13.0. The van der Waals surface area contributed by atoms with Crippen LogP contribution in [0.15, 0.2) is 0 Å². The van der Waals surface area contributed by atoms with Crippen LogP contribution >= 0.6 is 0 Å². The van der Waals surface area contributed by atoms with Crippen LogP contribution in [0.2, 0.25) is 0 Å². The van der Waals surface area contributed by atoms with E-state index in [1.54, 1.807) is 0 Å². The molecule has 0 unspecified atom stereocenters. The van der Waals surface area contributed by atoms with E-state index in [-0.39, 0.29) is 10.8 Å². The third-order valence-corrected chi connectivity index (χ3v) is 6.52. The van der Waals surface area contributed by atoms with Crippen molar-refractivity contribution >= 4 is 5.78 Å². The maximum absolute atomic E-state index is 13.0. The molecule has 3 atom stereocenters. The Hall–Kier alpha value is -0.330. The summed E-state index contributed by atoms with van der Waals surface area (Å²) < 4.78 is 0. The van der Waals surface area contributed by atoms with Crippen molar-refractivity contribution in [1.29, 1.82) is 0 Å². The standard InChI is InChI=1S/C17H30O/c1-6-9-16(4)11-12-17(5)13(14(16)18)8-7-10-15(17,2)3/h13H,6-12H2,1-5H3/t13-,16-,17+/m1/s1. The Morgan fingerprint density at radius 1 is 1.11 bits per heavy atom. The largest absolute Gasteiger partial charge is 0.299 e. The molecule has 104 valence electrons. The molecule has 0 radical (unpaired) electrons. The van der Waals surface area contributed by atoms with Crippen molar-refractivity contribution in [3.05, 3.63) is 0 Å². The minimum atomic E-state index is -0.0215. The predicted molar refractivity (Wildman–Crippen MR) is 76.5 cm³/mol. The molecule has 18 heavy (non-hydrogen) atoms. The van der Waals surface area contributed by atoms with Crippen molar-refractivity contribution in [2.75, 3.05) is 0 Å². The highest BCUT2D eigenvalue weighted by Gasteiger charge is 2.57. The second kappa shape index (κ2) is 4.35. The molecular formula is C17H30O. The van der Waals surface area contributed by atoms with E-state index < -0.39 is 0 Å². The highest BCUT2D eigenvalue weighted by molar-refractivity contribution is 5.88. The molecule has 0 N–H and O–H groups in total. The molecule has 0 aromatic heterocycles. The Kier molecular flexibility index (Phi) is 3.41. The summed E-state index contributed by atoms with van der Waals surface area (Å²) in [4.78, 5) is 13.0. The summed E-state index contributed by atoms with van der Waals surface area (Å²) in [5.74, 6) is 0.914. The molecule has 1 heteroatoms. The first-order chi connectivity index (χ1) is 8.27. The molecule has 0 aliphatic heterocycles. The third-order valence-electron chi connectivity index (χ3n) is 6.52. The van der Waals surface area contributed by atoms with Gasteiger partial charge in [-0.25, -0.2) is 0 Å². The van der Waals surface area contributed by atoms with E-state index in [0.29, 0.717) is 17.1 Å². The van der Waals surface area contributed by atoms with Crippen LogP contribution in [0.4, 0.5) is 0 Å². The monoisotopic (exact) mass is 250 g/mol. The van der Waals surface area contributed by atoms with Gasteiger partial charge in [0.05, 0.1) is 0 Å². The van der Waals surface area contributed by atoms with Crippen LogP contribution in [0.1, 0.15) is 79.6 Å². The van der Waals surface area contributed by atoms with Gasteiger partial charge in [-0.3, -0.25) is 4.79 Å². The number of ketones is 1. The lowest BCUT2D eigenvalue weighted by molar-refractivity contribution is -0.156. The van der Waals surface area contributed by atoms with Crippen LogP contribution in [0.5, 0.6) is 0 Å². The zero-order chi connectivity index (χ0) is 13.6. The number of carbonyl (C=O) groups excluding carboxylic acids is 1. The van der Waals surface area contributed by atoms with Crippen LogP contribution in [-0.4, -0.2) is 5.78 Å². The third kappa shape index (κ3) is 1.85. The summed E-state index contributed by atoms with van der Waals surface area (Å²) in [6.45, 7) is 11.6. The molecule has 2 saturated carbocycles. The second-order valence-corrected chi connectivity index (χ2v) is 7.92. The lowest BCUT2D eigenvalue weighted by atomic mass is 9.45. The zero-order valence-electron chi connectivity index (χ0n) is 12.9. The Labute approximate surface area is 113 Å². The smallest absolute Gasteiger partial charge is 0.142 e. The normalized spacial score (nSPS) is 43.6. The molecule has 2 aliphatic rings. The van der Waals surface area contributed by atoms with E-state index in [9.17, 15) is 4.79 Å². The summed E-state index contributed by atoms with van der Waals surface area (Å²) in [5, 5.41) is 0. The van der Waals surface area contributed by atoms with Gasteiger partial charge in [0.2, 0.25) is 0 Å². The quantitative estimate of drug-likeness (QED) is 0.675. The van der Waals surface area contributed by atoms with Crippen LogP contribution < -0.4 is 0 Å². The van der Waals surface area contributed by atoms with Gasteiger partial charge in [-0.15, -0.1) is 0 Å². The molecule has 2 fully saturated rings. The van der Waals surface area contributed by atoms with Gasteiger partial charge < -0.3 is 0 Å².